The zero-order chi connectivity index (χ0) is 21.9. The standard InChI is InChI=1S/C18H13ClF4N6O/c19-13-6-5-11(7-12(13)18(21,22)23)27-15-14(24)16(26-8-25-15)28-29-17(30)9-1-3-10(20)4-2-9/h1-8H,24H2,(H,29,30)(H2,25,26,27,28). The summed E-state index contributed by atoms with van der Waals surface area (Å²) in [5.41, 5.74) is 9.87. The second-order valence-corrected chi connectivity index (χ2v) is 6.30. The molecule has 3 aromatic rings. The number of rotatable bonds is 5. The van der Waals surface area contributed by atoms with Gasteiger partial charge in [0.25, 0.3) is 5.91 Å². The van der Waals surface area contributed by atoms with Gasteiger partial charge in [0, 0.05) is 11.3 Å². The highest BCUT2D eigenvalue weighted by Crippen LogP contribution is 2.37. The number of amides is 1. The normalized spacial score (nSPS) is 11.1. The minimum atomic E-state index is -4.64. The zero-order valence-electron chi connectivity index (χ0n) is 14.9. The van der Waals surface area contributed by atoms with Crippen molar-refractivity contribution in [2.24, 2.45) is 0 Å². The Kier molecular flexibility index (Phi) is 5.92. The van der Waals surface area contributed by atoms with Crippen LogP contribution in [0.2, 0.25) is 5.02 Å². The lowest BCUT2D eigenvalue weighted by Crippen LogP contribution is -2.30. The molecule has 0 aliphatic carbocycles. The van der Waals surface area contributed by atoms with Crippen LogP contribution in [0.4, 0.5) is 40.6 Å². The number of aromatic nitrogens is 2. The Morgan fingerprint density at radius 2 is 1.70 bits per heavy atom. The number of nitrogens with one attached hydrogen (secondary N) is 3. The number of anilines is 4. The van der Waals surface area contributed by atoms with E-state index in [4.69, 9.17) is 17.3 Å². The molecule has 0 unspecified atom stereocenters. The van der Waals surface area contributed by atoms with E-state index in [1.54, 1.807) is 0 Å². The summed E-state index contributed by atoms with van der Waals surface area (Å²) in [5, 5.41) is 2.20. The fourth-order valence-electron chi connectivity index (χ4n) is 2.34. The molecular formula is C18H13ClF4N6O. The molecule has 12 heteroatoms. The first-order chi connectivity index (χ1) is 14.1. The van der Waals surface area contributed by atoms with Crippen LogP contribution < -0.4 is 21.9 Å². The van der Waals surface area contributed by atoms with Gasteiger partial charge < -0.3 is 11.1 Å². The lowest BCUT2D eigenvalue weighted by molar-refractivity contribution is -0.137. The molecule has 1 heterocycles. The third-order valence-corrected chi connectivity index (χ3v) is 4.15. The average Bonchev–Trinajstić information content (AvgIpc) is 2.69. The third-order valence-electron chi connectivity index (χ3n) is 3.82. The van der Waals surface area contributed by atoms with Gasteiger partial charge in [-0.1, -0.05) is 11.6 Å². The van der Waals surface area contributed by atoms with Gasteiger partial charge >= 0.3 is 6.18 Å². The van der Waals surface area contributed by atoms with Crippen molar-refractivity contribution in [3.05, 3.63) is 70.8 Å². The number of nitrogens with zero attached hydrogens (tertiary/aromatic N) is 2. The van der Waals surface area contributed by atoms with E-state index in [2.05, 4.69) is 26.1 Å². The molecule has 0 aliphatic heterocycles. The van der Waals surface area contributed by atoms with E-state index < -0.39 is 28.5 Å². The molecule has 0 fully saturated rings. The molecular weight excluding hydrogens is 428 g/mol. The van der Waals surface area contributed by atoms with Crippen molar-refractivity contribution < 1.29 is 22.4 Å². The number of halogens is 5. The fourth-order valence-corrected chi connectivity index (χ4v) is 2.57. The van der Waals surface area contributed by atoms with E-state index in [-0.39, 0.29) is 28.6 Å². The van der Waals surface area contributed by atoms with Crippen molar-refractivity contribution in [1.82, 2.24) is 15.4 Å². The predicted octanol–water partition coefficient (Wildman–Crippen LogP) is 4.37. The first kappa shape index (κ1) is 21.1. The van der Waals surface area contributed by atoms with Crippen LogP contribution in [0, 0.1) is 5.82 Å². The Morgan fingerprint density at radius 1 is 1.03 bits per heavy atom. The lowest BCUT2D eigenvalue weighted by atomic mass is 10.2. The van der Waals surface area contributed by atoms with Crippen molar-refractivity contribution in [3.63, 3.8) is 0 Å². The van der Waals surface area contributed by atoms with Gasteiger partial charge in [-0.25, -0.2) is 14.4 Å². The van der Waals surface area contributed by atoms with Gasteiger partial charge in [-0.2, -0.15) is 13.2 Å². The van der Waals surface area contributed by atoms with Crippen molar-refractivity contribution in [3.8, 4) is 0 Å². The summed E-state index contributed by atoms with van der Waals surface area (Å²) in [7, 11) is 0. The molecule has 0 bridgehead atoms. The molecule has 1 amide bonds. The second kappa shape index (κ2) is 8.41. The van der Waals surface area contributed by atoms with Crippen molar-refractivity contribution in [2.75, 3.05) is 16.5 Å². The second-order valence-electron chi connectivity index (χ2n) is 5.89. The Hall–Kier alpha value is -3.60. The van der Waals surface area contributed by atoms with E-state index in [1.807, 2.05) is 0 Å². The van der Waals surface area contributed by atoms with Crippen molar-refractivity contribution in [2.45, 2.75) is 6.18 Å². The fraction of sp³-hybridized carbons (Fsp3) is 0.0556. The van der Waals surface area contributed by atoms with E-state index in [9.17, 15) is 22.4 Å². The van der Waals surface area contributed by atoms with Crippen LogP contribution in [0.1, 0.15) is 15.9 Å². The number of nitrogen functional groups attached to an aromatic ring is 1. The maximum absolute atomic E-state index is 13.0. The molecule has 0 aliphatic rings. The van der Waals surface area contributed by atoms with Gasteiger partial charge in [-0.3, -0.25) is 15.6 Å². The molecule has 0 saturated carbocycles. The molecule has 156 valence electrons. The molecule has 30 heavy (non-hydrogen) atoms. The summed E-state index contributed by atoms with van der Waals surface area (Å²) < 4.78 is 52.0. The summed E-state index contributed by atoms with van der Waals surface area (Å²) in [6, 6.07) is 8.03. The highest BCUT2D eigenvalue weighted by molar-refractivity contribution is 6.31. The Bertz CT molecular complexity index is 1080. The van der Waals surface area contributed by atoms with Crippen molar-refractivity contribution in [1.29, 1.82) is 0 Å². The first-order valence-corrected chi connectivity index (χ1v) is 8.59. The molecule has 5 N–H and O–H groups in total. The Balaban J connectivity index is 1.75. The van der Waals surface area contributed by atoms with E-state index in [0.29, 0.717) is 0 Å². The molecule has 0 radical (unpaired) electrons. The average molecular weight is 441 g/mol. The minimum Gasteiger partial charge on any atom is -0.393 e. The third kappa shape index (κ3) is 4.87. The van der Waals surface area contributed by atoms with Gasteiger partial charge in [0.05, 0.1) is 10.6 Å². The molecule has 7 nitrogen and oxygen atoms in total. The lowest BCUT2D eigenvalue weighted by Gasteiger charge is -2.15. The predicted molar refractivity (Wildman–Crippen MR) is 104 cm³/mol. The Morgan fingerprint density at radius 3 is 2.37 bits per heavy atom. The van der Waals surface area contributed by atoms with Gasteiger partial charge in [-0.05, 0) is 42.5 Å². The molecule has 3 rings (SSSR count). The van der Waals surface area contributed by atoms with Crippen LogP contribution in [0.15, 0.2) is 48.8 Å². The van der Waals surface area contributed by atoms with Crippen molar-refractivity contribution >= 4 is 40.5 Å². The molecule has 2 aromatic carbocycles. The van der Waals surface area contributed by atoms with E-state index in [1.165, 1.54) is 18.2 Å². The number of hydrogen-bond donors (Lipinski definition) is 4. The zero-order valence-corrected chi connectivity index (χ0v) is 15.6. The Labute approximate surface area is 172 Å². The summed E-state index contributed by atoms with van der Waals surface area (Å²) in [4.78, 5) is 19.8. The number of carbonyl (C=O) groups excluding carboxylic acids is 1. The number of nitrogens with two attached hydrogens (primary N) is 1. The van der Waals surface area contributed by atoms with Crippen LogP contribution in [-0.2, 0) is 6.18 Å². The largest absolute Gasteiger partial charge is 0.417 e. The number of benzene rings is 2. The molecule has 1 aromatic heterocycles. The van der Waals surface area contributed by atoms with Gasteiger partial charge in [-0.15, -0.1) is 0 Å². The number of hydrogen-bond acceptors (Lipinski definition) is 6. The summed E-state index contributed by atoms with van der Waals surface area (Å²) in [6.45, 7) is 0. The van der Waals surface area contributed by atoms with Crippen LogP contribution in [0.3, 0.4) is 0 Å². The highest BCUT2D eigenvalue weighted by Gasteiger charge is 2.33. The monoisotopic (exact) mass is 440 g/mol. The summed E-state index contributed by atoms with van der Waals surface area (Å²) in [6.07, 6.45) is -3.55. The maximum atomic E-state index is 13.0. The SMILES string of the molecule is Nc1c(NNC(=O)c2ccc(F)cc2)ncnc1Nc1ccc(Cl)c(C(F)(F)F)c1. The highest BCUT2D eigenvalue weighted by atomic mass is 35.5. The maximum Gasteiger partial charge on any atom is 0.417 e. The topological polar surface area (TPSA) is 105 Å². The van der Waals surface area contributed by atoms with Gasteiger partial charge in [0.2, 0.25) is 0 Å². The van der Waals surface area contributed by atoms with Gasteiger partial charge in [0.15, 0.2) is 11.6 Å². The number of carbonyl (C=O) groups is 1. The summed E-state index contributed by atoms with van der Waals surface area (Å²) >= 11 is 5.60. The molecule has 0 saturated heterocycles. The minimum absolute atomic E-state index is 0.000946. The van der Waals surface area contributed by atoms with Crippen LogP contribution in [0.5, 0.6) is 0 Å². The van der Waals surface area contributed by atoms with Crippen LogP contribution >= 0.6 is 11.6 Å². The molecule has 0 atom stereocenters. The smallest absolute Gasteiger partial charge is 0.393 e. The van der Waals surface area contributed by atoms with E-state index >= 15 is 0 Å². The number of alkyl halides is 3. The van der Waals surface area contributed by atoms with E-state index in [0.717, 1.165) is 30.6 Å². The first-order valence-electron chi connectivity index (χ1n) is 8.21. The summed E-state index contributed by atoms with van der Waals surface area (Å²) in [5.74, 6) is -1.09. The van der Waals surface area contributed by atoms with Crippen LogP contribution in [0.25, 0.3) is 0 Å². The quantitative estimate of drug-likeness (QED) is 0.347. The number of hydrazine groups is 1. The van der Waals surface area contributed by atoms with Crippen LogP contribution in [-0.4, -0.2) is 15.9 Å². The molecule has 0 spiro atoms. The van der Waals surface area contributed by atoms with Gasteiger partial charge in [0.1, 0.15) is 17.8 Å².